The third-order valence-electron chi connectivity index (χ3n) is 8.85. The first kappa shape index (κ1) is 13.8. The molecule has 5 nitrogen and oxygen atoms in total. The zero-order valence-electron chi connectivity index (χ0n) is 60.7. The van der Waals surface area contributed by atoms with Crippen LogP contribution in [0.4, 0.5) is 0 Å². The topological polar surface area (TPSA) is 48.5 Å². The summed E-state index contributed by atoms with van der Waals surface area (Å²) < 4.78 is 290. The molecule has 0 aliphatic carbocycles. The van der Waals surface area contributed by atoms with Gasteiger partial charge in [-0.1, -0.05) is 163 Å². The summed E-state index contributed by atoms with van der Waals surface area (Å²) >= 11 is 0. The molecule has 0 atom stereocenters. The second-order valence-corrected chi connectivity index (χ2v) is 12.1. The Balaban J connectivity index is 1.42. The maximum atomic E-state index is 10.5. The molecule has 3 aromatic heterocycles. The van der Waals surface area contributed by atoms with Gasteiger partial charge in [-0.2, -0.15) is 9.97 Å². The third kappa shape index (κ3) is 5.43. The highest BCUT2D eigenvalue weighted by Crippen LogP contribution is 2.41. The molecule has 0 saturated heterocycles. The third-order valence-corrected chi connectivity index (χ3v) is 8.85. The first-order valence-corrected chi connectivity index (χ1v) is 16.7. The van der Waals surface area contributed by atoms with Gasteiger partial charge in [0.1, 0.15) is 0 Å². The summed E-state index contributed by atoms with van der Waals surface area (Å²) in [6, 6.07) is -30.6. The number of hydrogen-bond acceptors (Lipinski definition) is 3. The van der Waals surface area contributed by atoms with Gasteiger partial charge in [-0.05, 0) is 59.4 Å². The lowest BCUT2D eigenvalue weighted by Gasteiger charge is -2.14. The van der Waals surface area contributed by atoms with E-state index < -0.39 is 294 Å². The predicted molar refractivity (Wildman–Crippen MR) is 235 cm³/mol. The molecule has 0 bridgehead atoms. The van der Waals surface area contributed by atoms with E-state index in [-0.39, 0.29) is 5.56 Å². The van der Waals surface area contributed by atoms with Crippen LogP contribution in [-0.4, -0.2) is 24.1 Å². The molecule has 3 heterocycles. The van der Waals surface area contributed by atoms with E-state index >= 15 is 0 Å². The van der Waals surface area contributed by atoms with Crippen LogP contribution in [0, 0.1) is 6.92 Å². The largest absolute Gasteiger partial charge is 0.309 e. The second-order valence-electron chi connectivity index (χ2n) is 12.1. The van der Waals surface area contributed by atoms with Crippen LogP contribution in [0.15, 0.2) is 193 Å². The molecule has 0 aliphatic rings. The first-order valence-electron chi connectivity index (χ1n) is 32.7. The van der Waals surface area contributed by atoms with Crippen molar-refractivity contribution in [3.63, 3.8) is 0 Å². The zero-order chi connectivity index (χ0) is 65.7. The van der Waals surface area contributed by atoms with Crippen LogP contribution in [0.3, 0.4) is 0 Å². The highest BCUT2D eigenvalue weighted by molar-refractivity contribution is 6.19. The fraction of sp³-hybridized carbons (Fsp3) is 0.0192. The van der Waals surface area contributed by atoms with Gasteiger partial charge in [-0.25, -0.2) is 4.98 Å². The highest BCUT2D eigenvalue weighted by Gasteiger charge is 2.22. The van der Waals surface area contributed by atoms with Gasteiger partial charge in [-0.15, -0.1) is 0 Å². The van der Waals surface area contributed by atoms with Gasteiger partial charge in [0.25, 0.3) is 0 Å². The smallest absolute Gasteiger partial charge is 0.238 e. The number of rotatable bonds is 6. The van der Waals surface area contributed by atoms with E-state index in [0.717, 1.165) is 4.57 Å². The van der Waals surface area contributed by atoms with Crippen LogP contribution in [0.5, 0.6) is 0 Å². The molecule has 5 heteroatoms. The van der Waals surface area contributed by atoms with Gasteiger partial charge < -0.3 is 4.57 Å². The monoisotopic (exact) mass is 761 g/mol. The Kier molecular flexibility index (Phi) is 3.23. The molecule has 268 valence electrons. The van der Waals surface area contributed by atoms with Crippen molar-refractivity contribution in [2.24, 2.45) is 0 Å². The van der Waals surface area contributed by atoms with Crippen LogP contribution in [0.25, 0.3) is 100 Å². The van der Waals surface area contributed by atoms with E-state index in [1.54, 1.807) is 0 Å². The molecule has 0 fully saturated rings. The summed E-state index contributed by atoms with van der Waals surface area (Å²) in [6.45, 7) is 1.23. The molecule has 0 radical (unpaired) electrons. The van der Waals surface area contributed by atoms with Crippen molar-refractivity contribution in [3.8, 4) is 56.7 Å². The lowest BCUT2D eigenvalue weighted by Crippen LogP contribution is -2.07. The van der Waals surface area contributed by atoms with Gasteiger partial charge in [0, 0.05) is 38.2 Å². The fourth-order valence-electron chi connectivity index (χ4n) is 6.37. The molecule has 0 unspecified atom stereocenters. The van der Waals surface area contributed by atoms with Crippen molar-refractivity contribution >= 4 is 43.6 Å². The fourth-order valence-corrected chi connectivity index (χ4v) is 6.37. The van der Waals surface area contributed by atoms with Gasteiger partial charge in [0.05, 0.1) is 71.6 Å². The number of aromatic nitrogens is 5. The van der Waals surface area contributed by atoms with Crippen LogP contribution in [0.2, 0.25) is 0 Å². The molecule has 0 aliphatic heterocycles. The Bertz CT molecular complexity index is 5070. The van der Waals surface area contributed by atoms with E-state index in [0.29, 0.717) is 4.57 Å². The average molecular weight is 762 g/mol. The van der Waals surface area contributed by atoms with Crippen molar-refractivity contribution in [2.75, 3.05) is 0 Å². The Hall–Kier alpha value is -7.63. The standard InChI is InChI=1S/C52H35N5/c1-34-16-8-9-21-39(34)51-53-50(38-30-28-36(29-31-38)35-17-4-2-5-18-35)54-52(55-51)57-47-27-15-12-24-42(47)44-32-43-41-23-11-14-26-46(41)56(48(43)33-49(44)57)45-25-13-10-22-40(45)37-19-6-3-7-20-37/h2-33H,1H3/i2D,3D,4D,5D,6D,7D,8D,9D,10D,11D,12D,13D,14D,15D,16D,17D,18D,19D,20D,21D,22D,23D,24D,25D,26D,27D,28D,29D,30D,31D,32D,33D. The molecular formula is C52H35N5. The van der Waals surface area contributed by atoms with E-state index in [9.17, 15) is 16.4 Å². The van der Waals surface area contributed by atoms with E-state index in [1.807, 2.05) is 0 Å². The maximum absolute atomic E-state index is 10.5. The molecule has 8 aromatic carbocycles. The Morgan fingerprint density at radius 1 is 0.368 bits per heavy atom. The molecule has 57 heavy (non-hydrogen) atoms. The van der Waals surface area contributed by atoms with Crippen LogP contribution in [-0.2, 0) is 0 Å². The zero-order valence-corrected chi connectivity index (χ0v) is 28.7. The average Bonchev–Trinajstić information content (AvgIpc) is 1.63. The molecule has 0 amide bonds. The molecular weight excluding hydrogens is 695 g/mol. The van der Waals surface area contributed by atoms with Crippen molar-refractivity contribution in [1.82, 2.24) is 24.1 Å². The summed E-state index contributed by atoms with van der Waals surface area (Å²) in [4.78, 5) is 13.6. The molecule has 11 rings (SSSR count). The summed E-state index contributed by atoms with van der Waals surface area (Å²) in [5.41, 5.74) is -8.81. The van der Waals surface area contributed by atoms with Crippen molar-refractivity contribution in [3.05, 3.63) is 199 Å². The Labute approximate surface area is 374 Å². The number of hydrogen-bond donors (Lipinski definition) is 0. The highest BCUT2D eigenvalue weighted by atomic mass is 15.2. The van der Waals surface area contributed by atoms with Crippen LogP contribution in [0.1, 0.15) is 49.4 Å². The van der Waals surface area contributed by atoms with Gasteiger partial charge in [-0.3, -0.25) is 4.57 Å². The quantitative estimate of drug-likeness (QED) is 0.170. The summed E-state index contributed by atoms with van der Waals surface area (Å²) in [7, 11) is 0. The first-order chi connectivity index (χ1) is 41.5. The SMILES string of the molecule is [2H]c1c([2H])c([2H])c(-c2c([2H])c([2H])c(-c3nc(-c4c([2H])c([2H])c([2H])c([2H])c4C)nc(-n4c5c([2H])c([2H])c([2H])c([2H])c5c5c([2H])c6c7c([2H])c([2H])c([2H])c([2H])c7n(-c7c([2H])c([2H])c([2H])c([2H])c7-c7c([2H])c([2H])c([2H])c([2H])c7[2H])c6c([2H])c54)n3)c([2H])c2[2H])c([2H])c1[2H]. The maximum Gasteiger partial charge on any atom is 0.238 e. The summed E-state index contributed by atoms with van der Waals surface area (Å²) in [5.74, 6) is -2.65. The lowest BCUT2D eigenvalue weighted by atomic mass is 10.0. The number of benzene rings is 8. The van der Waals surface area contributed by atoms with E-state index in [1.165, 1.54) is 6.92 Å². The minimum atomic E-state index is -1.10. The van der Waals surface area contributed by atoms with Gasteiger partial charge >= 0.3 is 0 Å². The van der Waals surface area contributed by atoms with Crippen molar-refractivity contribution in [1.29, 1.82) is 0 Å². The minimum Gasteiger partial charge on any atom is -0.309 e. The van der Waals surface area contributed by atoms with Crippen molar-refractivity contribution in [2.45, 2.75) is 6.92 Å². The summed E-state index contributed by atoms with van der Waals surface area (Å²) in [5, 5.41) is -2.54. The Morgan fingerprint density at radius 3 is 1.60 bits per heavy atom. The summed E-state index contributed by atoms with van der Waals surface area (Å²) in [6.07, 6.45) is 0. The predicted octanol–water partition coefficient (Wildman–Crippen LogP) is 13.0. The van der Waals surface area contributed by atoms with Gasteiger partial charge in [0.2, 0.25) is 5.95 Å². The molecule has 0 spiro atoms. The normalized spacial score (nSPS) is 19.5. The van der Waals surface area contributed by atoms with Gasteiger partial charge in [0.15, 0.2) is 11.6 Å². The Morgan fingerprint density at radius 2 is 0.877 bits per heavy atom. The van der Waals surface area contributed by atoms with Crippen molar-refractivity contribution < 1.29 is 43.9 Å². The van der Waals surface area contributed by atoms with Crippen LogP contribution < -0.4 is 0 Å². The number of nitrogens with zero attached hydrogens (tertiary/aromatic N) is 5. The van der Waals surface area contributed by atoms with Crippen LogP contribution >= 0.6 is 0 Å². The molecule has 0 N–H and O–H groups in total. The lowest BCUT2D eigenvalue weighted by molar-refractivity contribution is 0.952. The second kappa shape index (κ2) is 13.3. The van der Waals surface area contributed by atoms with E-state index in [4.69, 9.17) is 27.4 Å². The number of para-hydroxylation sites is 3. The minimum absolute atomic E-state index is 0.262. The molecule has 0 saturated carbocycles. The number of fused-ring (bicyclic) bond motifs is 6. The van der Waals surface area contributed by atoms with E-state index in [2.05, 4.69) is 15.0 Å². The molecule has 11 aromatic rings.